The lowest BCUT2D eigenvalue weighted by Crippen LogP contribution is -2.48. The molecule has 2 unspecified atom stereocenters. The van der Waals surface area contributed by atoms with Gasteiger partial charge in [-0.25, -0.2) is 0 Å². The lowest BCUT2D eigenvalue weighted by Gasteiger charge is -2.41. The molecule has 4 rings (SSSR count). The van der Waals surface area contributed by atoms with Crippen LogP contribution in [0.1, 0.15) is 49.3 Å². The van der Waals surface area contributed by atoms with E-state index in [4.69, 9.17) is 0 Å². The molecule has 1 aromatic carbocycles. The van der Waals surface area contributed by atoms with Gasteiger partial charge < -0.3 is 5.32 Å². The second-order valence-corrected chi connectivity index (χ2v) is 7.41. The fraction of sp³-hybridized carbons (Fsp3) is 0.684. The van der Waals surface area contributed by atoms with Gasteiger partial charge in [0.1, 0.15) is 0 Å². The molecule has 2 nitrogen and oxygen atoms in total. The minimum absolute atomic E-state index is 0.521. The molecule has 0 aliphatic heterocycles. The molecular weight excluding hydrogens is 256 g/mol. The Hall–Kier alpha value is -0.860. The minimum atomic E-state index is 0.521. The molecule has 0 amide bonds. The first kappa shape index (κ1) is 13.8. The van der Waals surface area contributed by atoms with Gasteiger partial charge in [0, 0.05) is 25.2 Å². The monoisotopic (exact) mass is 284 g/mol. The first-order valence-electron chi connectivity index (χ1n) is 8.84. The Balaban J connectivity index is 1.56. The number of hydrogen-bond acceptors (Lipinski definition) is 2. The van der Waals surface area contributed by atoms with Crippen molar-refractivity contribution in [3.63, 3.8) is 0 Å². The van der Waals surface area contributed by atoms with E-state index in [0.29, 0.717) is 12.1 Å². The second-order valence-electron chi connectivity index (χ2n) is 7.41. The summed E-state index contributed by atoms with van der Waals surface area (Å²) in [7, 11) is 2.15. The van der Waals surface area contributed by atoms with Crippen LogP contribution in [0, 0.1) is 11.8 Å². The molecule has 0 bridgehead atoms. The SMILES string of the molecule is CNC1c2ccccc2CCC1N(CC1CC1)CC1CC1. The average molecular weight is 284 g/mol. The number of benzene rings is 1. The van der Waals surface area contributed by atoms with Gasteiger partial charge in [0.2, 0.25) is 0 Å². The van der Waals surface area contributed by atoms with Crippen LogP contribution in [0.3, 0.4) is 0 Å². The fourth-order valence-corrected chi connectivity index (χ4v) is 4.09. The van der Waals surface area contributed by atoms with E-state index >= 15 is 0 Å². The van der Waals surface area contributed by atoms with E-state index in [9.17, 15) is 0 Å². The maximum Gasteiger partial charge on any atom is 0.0478 e. The molecule has 0 saturated heterocycles. The maximum absolute atomic E-state index is 3.64. The highest BCUT2D eigenvalue weighted by Gasteiger charge is 2.37. The zero-order valence-corrected chi connectivity index (χ0v) is 13.2. The molecule has 0 aromatic heterocycles. The first-order valence-corrected chi connectivity index (χ1v) is 8.84. The summed E-state index contributed by atoms with van der Waals surface area (Å²) in [5.74, 6) is 2.00. The van der Waals surface area contributed by atoms with Crippen molar-refractivity contribution in [2.45, 2.75) is 50.6 Å². The molecule has 1 aromatic rings. The van der Waals surface area contributed by atoms with Gasteiger partial charge in [-0.15, -0.1) is 0 Å². The van der Waals surface area contributed by atoms with Crippen LogP contribution in [-0.2, 0) is 6.42 Å². The van der Waals surface area contributed by atoms with Crippen molar-refractivity contribution < 1.29 is 0 Å². The Bertz CT molecular complexity index is 476. The minimum Gasteiger partial charge on any atom is -0.312 e. The molecule has 114 valence electrons. The summed E-state index contributed by atoms with van der Waals surface area (Å²) in [6, 6.07) is 10.3. The van der Waals surface area contributed by atoms with E-state index < -0.39 is 0 Å². The Morgan fingerprint density at radius 3 is 2.29 bits per heavy atom. The van der Waals surface area contributed by atoms with Gasteiger partial charge in [0.25, 0.3) is 0 Å². The van der Waals surface area contributed by atoms with Crippen molar-refractivity contribution in [3.8, 4) is 0 Å². The Morgan fingerprint density at radius 1 is 1.00 bits per heavy atom. The summed E-state index contributed by atoms with van der Waals surface area (Å²) in [5, 5.41) is 3.64. The lowest BCUT2D eigenvalue weighted by molar-refractivity contribution is 0.131. The van der Waals surface area contributed by atoms with Crippen LogP contribution in [0.25, 0.3) is 0 Å². The van der Waals surface area contributed by atoms with E-state index in [1.807, 2.05) is 0 Å². The average Bonchev–Trinajstić information content (AvgIpc) is 3.41. The van der Waals surface area contributed by atoms with Crippen LogP contribution in [0.2, 0.25) is 0 Å². The highest BCUT2D eigenvalue weighted by atomic mass is 15.2. The van der Waals surface area contributed by atoms with Crippen molar-refractivity contribution in [1.82, 2.24) is 10.2 Å². The molecule has 3 aliphatic rings. The summed E-state index contributed by atoms with van der Waals surface area (Å²) in [6.07, 6.45) is 8.44. The van der Waals surface area contributed by atoms with Crippen molar-refractivity contribution in [3.05, 3.63) is 35.4 Å². The molecular formula is C19H28N2. The van der Waals surface area contributed by atoms with Crippen molar-refractivity contribution in [2.24, 2.45) is 11.8 Å². The molecule has 0 heterocycles. The summed E-state index contributed by atoms with van der Waals surface area (Å²) >= 11 is 0. The third-order valence-corrected chi connectivity index (χ3v) is 5.64. The van der Waals surface area contributed by atoms with Gasteiger partial charge in [0.05, 0.1) is 0 Å². The zero-order valence-electron chi connectivity index (χ0n) is 13.2. The van der Waals surface area contributed by atoms with Gasteiger partial charge >= 0.3 is 0 Å². The van der Waals surface area contributed by atoms with Crippen LogP contribution < -0.4 is 5.32 Å². The molecule has 21 heavy (non-hydrogen) atoms. The first-order chi connectivity index (χ1) is 10.3. The molecule has 2 heteroatoms. The van der Waals surface area contributed by atoms with Crippen molar-refractivity contribution in [2.75, 3.05) is 20.1 Å². The number of rotatable bonds is 6. The van der Waals surface area contributed by atoms with Gasteiger partial charge in [-0.1, -0.05) is 24.3 Å². The molecule has 0 spiro atoms. The highest BCUT2D eigenvalue weighted by Crippen LogP contribution is 2.39. The Morgan fingerprint density at radius 2 is 1.67 bits per heavy atom. The van der Waals surface area contributed by atoms with Gasteiger partial charge in [-0.2, -0.15) is 0 Å². The van der Waals surface area contributed by atoms with Crippen LogP contribution in [-0.4, -0.2) is 31.1 Å². The summed E-state index contributed by atoms with van der Waals surface area (Å²) < 4.78 is 0. The number of likely N-dealkylation sites (N-methyl/N-ethyl adjacent to an activating group) is 1. The topological polar surface area (TPSA) is 15.3 Å². The predicted molar refractivity (Wildman–Crippen MR) is 87.4 cm³/mol. The van der Waals surface area contributed by atoms with E-state index in [2.05, 4.69) is 41.5 Å². The largest absolute Gasteiger partial charge is 0.312 e. The summed E-state index contributed by atoms with van der Waals surface area (Å²) in [6.45, 7) is 2.70. The normalized spacial score (nSPS) is 28.7. The standard InChI is InChI=1S/C19H28N2/c1-20-19-17-5-3-2-4-16(17)10-11-18(19)21(12-14-6-7-14)13-15-8-9-15/h2-5,14-15,18-20H,6-13H2,1H3. The van der Waals surface area contributed by atoms with Crippen LogP contribution in [0.15, 0.2) is 24.3 Å². The molecule has 2 atom stereocenters. The Labute approximate surface area is 128 Å². The van der Waals surface area contributed by atoms with E-state index in [0.717, 1.165) is 11.8 Å². The van der Waals surface area contributed by atoms with Gasteiger partial charge in [-0.3, -0.25) is 4.90 Å². The third-order valence-electron chi connectivity index (χ3n) is 5.64. The number of nitrogens with one attached hydrogen (secondary N) is 1. The Kier molecular flexibility index (Phi) is 3.76. The molecule has 2 saturated carbocycles. The molecule has 1 N–H and O–H groups in total. The maximum atomic E-state index is 3.64. The number of fused-ring (bicyclic) bond motifs is 1. The quantitative estimate of drug-likeness (QED) is 0.861. The summed E-state index contributed by atoms with van der Waals surface area (Å²) in [4.78, 5) is 2.85. The van der Waals surface area contributed by atoms with Gasteiger partial charge in [0.15, 0.2) is 0 Å². The van der Waals surface area contributed by atoms with Gasteiger partial charge in [-0.05, 0) is 68.5 Å². The van der Waals surface area contributed by atoms with E-state index in [-0.39, 0.29) is 0 Å². The van der Waals surface area contributed by atoms with Crippen LogP contribution in [0.4, 0.5) is 0 Å². The van der Waals surface area contributed by atoms with Crippen LogP contribution >= 0.6 is 0 Å². The van der Waals surface area contributed by atoms with E-state index in [1.165, 1.54) is 51.6 Å². The zero-order chi connectivity index (χ0) is 14.2. The number of nitrogens with zero attached hydrogens (tertiary/aromatic N) is 1. The number of hydrogen-bond donors (Lipinski definition) is 1. The highest BCUT2D eigenvalue weighted by molar-refractivity contribution is 5.34. The van der Waals surface area contributed by atoms with Crippen molar-refractivity contribution in [1.29, 1.82) is 0 Å². The second kappa shape index (κ2) is 5.73. The number of aryl methyl sites for hydroxylation is 1. The molecule has 3 aliphatic carbocycles. The van der Waals surface area contributed by atoms with Crippen molar-refractivity contribution >= 4 is 0 Å². The lowest BCUT2D eigenvalue weighted by atomic mass is 9.83. The van der Waals surface area contributed by atoms with E-state index in [1.54, 1.807) is 11.1 Å². The fourth-order valence-electron chi connectivity index (χ4n) is 4.09. The third kappa shape index (κ3) is 3.02. The predicted octanol–water partition coefficient (Wildman–Crippen LogP) is 3.38. The molecule has 2 fully saturated rings. The molecule has 0 radical (unpaired) electrons. The summed E-state index contributed by atoms with van der Waals surface area (Å²) in [5.41, 5.74) is 3.11. The van der Waals surface area contributed by atoms with Crippen LogP contribution in [0.5, 0.6) is 0 Å². The smallest absolute Gasteiger partial charge is 0.0478 e.